The molecule has 2 aliphatic rings. The summed E-state index contributed by atoms with van der Waals surface area (Å²) in [5, 5.41) is 0. The maximum Gasteiger partial charge on any atom is 0.0421 e. The summed E-state index contributed by atoms with van der Waals surface area (Å²) >= 11 is 0. The van der Waals surface area contributed by atoms with Crippen LogP contribution in [-0.2, 0) is 0 Å². The van der Waals surface area contributed by atoms with Gasteiger partial charge in [-0.1, -0.05) is 18.2 Å². The standard InChI is InChI=1S/C14H16N2/c1-4-11(13-6-2-8-15-13)10-12(5-1)14-7-3-9-16-14/h1,4-5,10H,2-3,6-9H2. The van der Waals surface area contributed by atoms with Gasteiger partial charge in [0.15, 0.2) is 0 Å². The van der Waals surface area contributed by atoms with Crippen LogP contribution >= 0.6 is 0 Å². The van der Waals surface area contributed by atoms with Crippen LogP contribution in [0.1, 0.15) is 36.8 Å². The molecule has 2 aliphatic heterocycles. The summed E-state index contributed by atoms with van der Waals surface area (Å²) < 4.78 is 0. The molecule has 0 N–H and O–H groups in total. The van der Waals surface area contributed by atoms with Crippen molar-refractivity contribution in [1.29, 1.82) is 0 Å². The Labute approximate surface area is 96.1 Å². The lowest BCUT2D eigenvalue weighted by Gasteiger charge is -2.04. The summed E-state index contributed by atoms with van der Waals surface area (Å²) in [5.41, 5.74) is 5.15. The second-order valence-corrected chi connectivity index (χ2v) is 4.44. The SMILES string of the molecule is c1cc(C2=NCCC2)cc(C2=NCCC2)c1. The molecule has 2 nitrogen and oxygen atoms in total. The Balaban J connectivity index is 1.93. The van der Waals surface area contributed by atoms with Gasteiger partial charge in [0.25, 0.3) is 0 Å². The average molecular weight is 212 g/mol. The van der Waals surface area contributed by atoms with Crippen LogP contribution in [0.5, 0.6) is 0 Å². The number of aliphatic imine (C=N–C) groups is 2. The zero-order valence-electron chi connectivity index (χ0n) is 9.45. The molecule has 0 bridgehead atoms. The molecule has 0 saturated carbocycles. The third-order valence-corrected chi connectivity index (χ3v) is 3.28. The molecule has 0 aromatic heterocycles. The lowest BCUT2D eigenvalue weighted by molar-refractivity contribution is 0.951. The van der Waals surface area contributed by atoms with E-state index in [4.69, 9.17) is 0 Å². The molecular formula is C14H16N2. The molecule has 2 heterocycles. The Bertz CT molecular complexity index is 418. The minimum atomic E-state index is 1.00. The molecule has 0 amide bonds. The van der Waals surface area contributed by atoms with Crippen molar-refractivity contribution in [2.24, 2.45) is 9.98 Å². The van der Waals surface area contributed by atoms with Crippen molar-refractivity contribution in [3.8, 4) is 0 Å². The van der Waals surface area contributed by atoms with Crippen LogP contribution in [-0.4, -0.2) is 24.5 Å². The first-order valence-electron chi connectivity index (χ1n) is 6.11. The van der Waals surface area contributed by atoms with Gasteiger partial charge in [-0.25, -0.2) is 0 Å². The highest BCUT2D eigenvalue weighted by Gasteiger charge is 2.12. The first kappa shape index (κ1) is 9.76. The van der Waals surface area contributed by atoms with E-state index in [0.717, 1.165) is 25.9 Å². The molecule has 0 unspecified atom stereocenters. The van der Waals surface area contributed by atoms with E-state index in [1.807, 2.05) is 0 Å². The molecule has 0 radical (unpaired) electrons. The van der Waals surface area contributed by atoms with Crippen LogP contribution in [0.15, 0.2) is 34.3 Å². The van der Waals surface area contributed by atoms with E-state index in [0.29, 0.717) is 0 Å². The van der Waals surface area contributed by atoms with Crippen molar-refractivity contribution < 1.29 is 0 Å². The first-order chi connectivity index (χ1) is 7.93. The van der Waals surface area contributed by atoms with Gasteiger partial charge in [0, 0.05) is 24.5 Å². The third-order valence-electron chi connectivity index (χ3n) is 3.28. The van der Waals surface area contributed by atoms with E-state index in [9.17, 15) is 0 Å². The van der Waals surface area contributed by atoms with Crippen molar-refractivity contribution in [3.63, 3.8) is 0 Å². The fourth-order valence-electron chi connectivity index (χ4n) is 2.43. The molecule has 1 aromatic rings. The minimum Gasteiger partial charge on any atom is -0.289 e. The summed E-state index contributed by atoms with van der Waals surface area (Å²) in [6, 6.07) is 8.73. The van der Waals surface area contributed by atoms with Gasteiger partial charge in [-0.2, -0.15) is 0 Å². The smallest absolute Gasteiger partial charge is 0.0421 e. The molecule has 0 spiro atoms. The van der Waals surface area contributed by atoms with E-state index in [-0.39, 0.29) is 0 Å². The number of rotatable bonds is 2. The Morgan fingerprint density at radius 3 is 1.81 bits per heavy atom. The van der Waals surface area contributed by atoms with Crippen molar-refractivity contribution >= 4 is 11.4 Å². The highest BCUT2D eigenvalue weighted by molar-refractivity contribution is 6.06. The number of nitrogens with zero attached hydrogens (tertiary/aromatic N) is 2. The summed E-state index contributed by atoms with van der Waals surface area (Å²) in [4.78, 5) is 9.10. The molecular weight excluding hydrogens is 196 g/mol. The zero-order chi connectivity index (χ0) is 10.8. The highest BCUT2D eigenvalue weighted by Crippen LogP contribution is 2.18. The van der Waals surface area contributed by atoms with Gasteiger partial charge in [-0.3, -0.25) is 9.98 Å². The van der Waals surface area contributed by atoms with Crippen molar-refractivity contribution in [1.82, 2.24) is 0 Å². The summed E-state index contributed by atoms with van der Waals surface area (Å²) in [6.07, 6.45) is 4.69. The summed E-state index contributed by atoms with van der Waals surface area (Å²) in [7, 11) is 0. The fourth-order valence-corrected chi connectivity index (χ4v) is 2.43. The van der Waals surface area contributed by atoms with E-state index in [2.05, 4.69) is 34.3 Å². The minimum absolute atomic E-state index is 1.00. The largest absolute Gasteiger partial charge is 0.289 e. The van der Waals surface area contributed by atoms with Crippen LogP contribution in [0.2, 0.25) is 0 Å². The predicted octanol–water partition coefficient (Wildman–Crippen LogP) is 2.85. The summed E-state index contributed by atoms with van der Waals surface area (Å²) in [6.45, 7) is 2.00. The number of hydrogen-bond donors (Lipinski definition) is 0. The van der Waals surface area contributed by atoms with Gasteiger partial charge in [0.2, 0.25) is 0 Å². The van der Waals surface area contributed by atoms with Gasteiger partial charge in [0.05, 0.1) is 0 Å². The van der Waals surface area contributed by atoms with Gasteiger partial charge in [-0.15, -0.1) is 0 Å². The highest BCUT2D eigenvalue weighted by atomic mass is 14.8. The first-order valence-corrected chi connectivity index (χ1v) is 6.11. The molecule has 82 valence electrons. The third kappa shape index (κ3) is 1.80. The molecule has 16 heavy (non-hydrogen) atoms. The Kier molecular flexibility index (Phi) is 2.56. The second-order valence-electron chi connectivity index (χ2n) is 4.44. The average Bonchev–Trinajstić information content (AvgIpc) is 3.03. The molecule has 1 aromatic carbocycles. The fraction of sp³-hybridized carbons (Fsp3) is 0.429. The second kappa shape index (κ2) is 4.20. The van der Waals surface area contributed by atoms with Crippen LogP contribution in [0.4, 0.5) is 0 Å². The molecule has 0 atom stereocenters. The maximum absolute atomic E-state index is 4.55. The molecule has 3 rings (SSSR count). The van der Waals surface area contributed by atoms with E-state index >= 15 is 0 Å². The van der Waals surface area contributed by atoms with E-state index in [1.165, 1.54) is 35.4 Å². The van der Waals surface area contributed by atoms with E-state index < -0.39 is 0 Å². The Morgan fingerprint density at radius 1 is 0.812 bits per heavy atom. The van der Waals surface area contributed by atoms with Gasteiger partial charge < -0.3 is 0 Å². The molecule has 2 heteroatoms. The molecule has 0 saturated heterocycles. The monoisotopic (exact) mass is 212 g/mol. The molecule has 0 aliphatic carbocycles. The van der Waals surface area contributed by atoms with Crippen LogP contribution in [0, 0.1) is 0 Å². The Morgan fingerprint density at radius 2 is 1.38 bits per heavy atom. The van der Waals surface area contributed by atoms with Crippen LogP contribution < -0.4 is 0 Å². The molecule has 0 fully saturated rings. The number of benzene rings is 1. The summed E-state index contributed by atoms with van der Waals surface area (Å²) in [5.74, 6) is 0. The van der Waals surface area contributed by atoms with Crippen LogP contribution in [0.3, 0.4) is 0 Å². The predicted molar refractivity (Wildman–Crippen MR) is 67.7 cm³/mol. The van der Waals surface area contributed by atoms with Gasteiger partial charge in [0.1, 0.15) is 0 Å². The van der Waals surface area contributed by atoms with E-state index in [1.54, 1.807) is 0 Å². The zero-order valence-corrected chi connectivity index (χ0v) is 9.45. The Hall–Kier alpha value is -1.44. The van der Waals surface area contributed by atoms with Crippen molar-refractivity contribution in [2.45, 2.75) is 25.7 Å². The van der Waals surface area contributed by atoms with Crippen molar-refractivity contribution in [3.05, 3.63) is 35.4 Å². The normalized spacial score (nSPS) is 19.8. The quantitative estimate of drug-likeness (QED) is 0.720. The van der Waals surface area contributed by atoms with Crippen molar-refractivity contribution in [2.75, 3.05) is 13.1 Å². The number of hydrogen-bond acceptors (Lipinski definition) is 2. The maximum atomic E-state index is 4.55. The lowest BCUT2D eigenvalue weighted by atomic mass is 10.0. The van der Waals surface area contributed by atoms with Gasteiger partial charge >= 0.3 is 0 Å². The topological polar surface area (TPSA) is 24.7 Å². The van der Waals surface area contributed by atoms with Crippen LogP contribution in [0.25, 0.3) is 0 Å². The van der Waals surface area contributed by atoms with Gasteiger partial charge in [-0.05, 0) is 42.9 Å². The lowest BCUT2D eigenvalue weighted by Crippen LogP contribution is -2.01.